The number of nitrogens with zero attached hydrogens (tertiary/aromatic N) is 2. The molecule has 0 aliphatic carbocycles. The molecule has 4 heterocycles. The first kappa shape index (κ1) is 16.9. The first-order valence-electron chi connectivity index (χ1n) is 9.42. The average molecular weight is 380 g/mol. The third kappa shape index (κ3) is 3.15. The topological polar surface area (TPSA) is 25.2 Å². The van der Waals surface area contributed by atoms with Gasteiger partial charge in [0, 0.05) is 54.3 Å². The van der Waals surface area contributed by atoms with Gasteiger partial charge in [-0.2, -0.15) is 0 Å². The van der Waals surface area contributed by atoms with Gasteiger partial charge in [-0.15, -0.1) is 11.3 Å². The van der Waals surface area contributed by atoms with Crippen molar-refractivity contribution in [2.75, 3.05) is 13.1 Å². The lowest BCUT2D eigenvalue weighted by molar-refractivity contribution is 0.115. The second-order valence-corrected chi connectivity index (χ2v) is 8.63. The van der Waals surface area contributed by atoms with Crippen LogP contribution in [0.15, 0.2) is 58.7 Å². The molecule has 0 spiro atoms. The van der Waals surface area contributed by atoms with Crippen molar-refractivity contribution in [3.8, 4) is 10.4 Å². The summed E-state index contributed by atoms with van der Waals surface area (Å²) in [5.41, 5.74) is 3.66. The van der Waals surface area contributed by atoms with Crippen molar-refractivity contribution in [1.82, 2.24) is 9.47 Å². The summed E-state index contributed by atoms with van der Waals surface area (Å²) in [6.45, 7) is 3.56. The molecule has 0 saturated carbocycles. The molecule has 0 unspecified atom stereocenters. The third-order valence-electron chi connectivity index (χ3n) is 5.77. The molecule has 0 radical (unpaired) electrons. The van der Waals surface area contributed by atoms with E-state index in [0.717, 1.165) is 38.2 Å². The molecule has 2 aliphatic heterocycles. The number of hydrogen-bond acceptors (Lipinski definition) is 3. The molecule has 5 heteroatoms. The van der Waals surface area contributed by atoms with E-state index in [0.29, 0.717) is 11.8 Å². The second kappa shape index (κ2) is 6.73. The van der Waals surface area contributed by atoms with Gasteiger partial charge in [0.1, 0.15) is 5.82 Å². The van der Waals surface area contributed by atoms with Crippen LogP contribution < -0.4 is 5.56 Å². The fourth-order valence-electron chi connectivity index (χ4n) is 4.73. The molecule has 0 amide bonds. The van der Waals surface area contributed by atoms with Crippen molar-refractivity contribution in [1.29, 1.82) is 0 Å². The van der Waals surface area contributed by atoms with Crippen LogP contribution in [0, 0.1) is 11.7 Å². The first-order valence-corrected chi connectivity index (χ1v) is 10.3. The molecule has 1 saturated heterocycles. The Kier molecular flexibility index (Phi) is 4.21. The van der Waals surface area contributed by atoms with Gasteiger partial charge in [0.05, 0.1) is 0 Å². The van der Waals surface area contributed by atoms with Gasteiger partial charge in [-0.3, -0.25) is 9.69 Å². The highest BCUT2D eigenvalue weighted by Crippen LogP contribution is 2.41. The van der Waals surface area contributed by atoms with Gasteiger partial charge in [0.2, 0.25) is 0 Å². The summed E-state index contributed by atoms with van der Waals surface area (Å²) < 4.78 is 15.2. The first-order chi connectivity index (χ1) is 13.2. The van der Waals surface area contributed by atoms with Crippen LogP contribution in [0.3, 0.4) is 0 Å². The summed E-state index contributed by atoms with van der Waals surface area (Å²) in [6.07, 6.45) is 1.14. The number of fused-ring (bicyclic) bond motifs is 4. The van der Waals surface area contributed by atoms with E-state index in [2.05, 4.69) is 22.4 Å². The molecule has 1 aromatic carbocycles. The predicted molar refractivity (Wildman–Crippen MR) is 107 cm³/mol. The van der Waals surface area contributed by atoms with Gasteiger partial charge in [0.25, 0.3) is 5.56 Å². The van der Waals surface area contributed by atoms with Crippen molar-refractivity contribution in [3.05, 3.63) is 81.3 Å². The van der Waals surface area contributed by atoms with E-state index in [-0.39, 0.29) is 11.4 Å². The van der Waals surface area contributed by atoms with Gasteiger partial charge in [-0.25, -0.2) is 4.39 Å². The van der Waals surface area contributed by atoms with E-state index in [1.54, 1.807) is 17.4 Å². The van der Waals surface area contributed by atoms with Crippen LogP contribution in [-0.2, 0) is 13.1 Å². The summed E-state index contributed by atoms with van der Waals surface area (Å²) in [7, 11) is 0. The summed E-state index contributed by atoms with van der Waals surface area (Å²) in [6, 6.07) is 14.7. The largest absolute Gasteiger partial charge is 0.311 e. The molecule has 3 nitrogen and oxygen atoms in total. The Morgan fingerprint density at radius 3 is 2.67 bits per heavy atom. The zero-order chi connectivity index (χ0) is 18.4. The standard InChI is InChI=1S/C22H21FN2OS/c23-18-5-3-15(4-6-18)11-24-12-16-10-17(14-24)22-19(20-2-1-9-27-20)7-8-21(26)25(22)13-16/h1-9,16-17H,10-14H2/t16-,17-/m0/s1. The van der Waals surface area contributed by atoms with Crippen LogP contribution in [0.1, 0.15) is 23.6 Å². The van der Waals surface area contributed by atoms with E-state index >= 15 is 0 Å². The highest BCUT2D eigenvalue weighted by molar-refractivity contribution is 7.13. The second-order valence-electron chi connectivity index (χ2n) is 7.68. The Balaban J connectivity index is 1.48. The minimum Gasteiger partial charge on any atom is -0.311 e. The number of thiophene rings is 1. The van der Waals surface area contributed by atoms with Crippen molar-refractivity contribution < 1.29 is 4.39 Å². The Labute approximate surface area is 161 Å². The molecular weight excluding hydrogens is 359 g/mol. The average Bonchev–Trinajstić information content (AvgIpc) is 3.19. The van der Waals surface area contributed by atoms with Crippen molar-refractivity contribution >= 4 is 11.3 Å². The monoisotopic (exact) mass is 380 g/mol. The quantitative estimate of drug-likeness (QED) is 0.676. The van der Waals surface area contributed by atoms with E-state index < -0.39 is 0 Å². The van der Waals surface area contributed by atoms with Gasteiger partial charge < -0.3 is 4.57 Å². The van der Waals surface area contributed by atoms with Gasteiger partial charge >= 0.3 is 0 Å². The molecule has 2 atom stereocenters. The maximum atomic E-state index is 13.2. The molecule has 2 bridgehead atoms. The van der Waals surface area contributed by atoms with E-state index in [9.17, 15) is 9.18 Å². The van der Waals surface area contributed by atoms with Crippen LogP contribution >= 0.6 is 11.3 Å². The van der Waals surface area contributed by atoms with Crippen molar-refractivity contribution in [2.24, 2.45) is 5.92 Å². The normalized spacial score (nSPS) is 21.8. The molecule has 2 aromatic heterocycles. The molecule has 2 aliphatic rings. The summed E-state index contributed by atoms with van der Waals surface area (Å²) in [5.74, 6) is 0.667. The van der Waals surface area contributed by atoms with Crippen molar-refractivity contribution in [3.63, 3.8) is 0 Å². The number of aromatic nitrogens is 1. The lowest BCUT2D eigenvalue weighted by Gasteiger charge is -2.43. The van der Waals surface area contributed by atoms with E-state index in [4.69, 9.17) is 0 Å². The molecular formula is C22H21FN2OS. The molecule has 5 rings (SSSR count). The third-order valence-corrected chi connectivity index (χ3v) is 6.67. The summed E-state index contributed by atoms with van der Waals surface area (Å²) >= 11 is 1.73. The number of pyridine rings is 1. The molecule has 1 fully saturated rings. The summed E-state index contributed by atoms with van der Waals surface area (Å²) in [5, 5.41) is 2.09. The van der Waals surface area contributed by atoms with E-state index in [1.165, 1.54) is 28.3 Å². The number of hydrogen-bond donors (Lipinski definition) is 0. The van der Waals surface area contributed by atoms with Crippen molar-refractivity contribution in [2.45, 2.75) is 25.4 Å². The van der Waals surface area contributed by atoms with Crippen LogP contribution in [-0.4, -0.2) is 22.6 Å². The van der Waals surface area contributed by atoms with Gasteiger partial charge in [-0.1, -0.05) is 18.2 Å². The lowest BCUT2D eigenvalue weighted by Crippen LogP contribution is -2.47. The van der Waals surface area contributed by atoms with E-state index in [1.807, 2.05) is 22.8 Å². The Morgan fingerprint density at radius 2 is 1.89 bits per heavy atom. The molecule has 27 heavy (non-hydrogen) atoms. The molecule has 0 N–H and O–H groups in total. The fraction of sp³-hybridized carbons (Fsp3) is 0.318. The number of rotatable bonds is 3. The Morgan fingerprint density at radius 1 is 1.04 bits per heavy atom. The fourth-order valence-corrected chi connectivity index (χ4v) is 5.49. The number of benzene rings is 1. The maximum Gasteiger partial charge on any atom is 0.250 e. The van der Waals surface area contributed by atoms with Crippen LogP contribution in [0.4, 0.5) is 4.39 Å². The van der Waals surface area contributed by atoms with Crippen LogP contribution in [0.5, 0.6) is 0 Å². The highest BCUT2D eigenvalue weighted by atomic mass is 32.1. The van der Waals surface area contributed by atoms with Crippen LogP contribution in [0.25, 0.3) is 10.4 Å². The Hall–Kier alpha value is -2.24. The number of likely N-dealkylation sites (tertiary alicyclic amines) is 1. The number of halogens is 1. The molecule has 138 valence electrons. The van der Waals surface area contributed by atoms with Gasteiger partial charge in [0.15, 0.2) is 0 Å². The SMILES string of the molecule is O=c1ccc(-c2cccs2)c2n1C[C@H]1C[C@H]2CN(Cc2ccc(F)cc2)C1. The van der Waals surface area contributed by atoms with Crippen LogP contribution in [0.2, 0.25) is 0 Å². The minimum atomic E-state index is -0.192. The smallest absolute Gasteiger partial charge is 0.250 e. The number of piperidine rings is 1. The Bertz CT molecular complexity index is 1010. The highest BCUT2D eigenvalue weighted by Gasteiger charge is 2.36. The predicted octanol–water partition coefficient (Wildman–Crippen LogP) is 4.34. The van der Waals surface area contributed by atoms with Gasteiger partial charge in [-0.05, 0) is 47.5 Å². The zero-order valence-corrected chi connectivity index (χ0v) is 15.8. The molecule has 3 aromatic rings. The summed E-state index contributed by atoms with van der Waals surface area (Å²) in [4.78, 5) is 16.2. The zero-order valence-electron chi connectivity index (χ0n) is 15.0. The minimum absolute atomic E-state index is 0.118. The lowest BCUT2D eigenvalue weighted by atomic mass is 9.81. The maximum absolute atomic E-state index is 13.2.